The zero-order chi connectivity index (χ0) is 14.5. The molecular formula is C11H9N5O3S. The van der Waals surface area contributed by atoms with Crippen LogP contribution in [0, 0.1) is 17.0 Å². The Morgan fingerprint density at radius 3 is 3.00 bits per heavy atom. The van der Waals surface area contributed by atoms with Crippen molar-refractivity contribution in [2.75, 3.05) is 0 Å². The van der Waals surface area contributed by atoms with Gasteiger partial charge < -0.3 is 0 Å². The number of carbonyl (C=O) groups is 1. The number of nitrogens with zero attached hydrogens (tertiary/aromatic N) is 4. The van der Waals surface area contributed by atoms with E-state index in [1.165, 1.54) is 18.3 Å². The lowest BCUT2D eigenvalue weighted by Crippen LogP contribution is -2.17. The molecule has 8 nitrogen and oxygen atoms in total. The van der Waals surface area contributed by atoms with Crippen LogP contribution in [0.25, 0.3) is 0 Å². The van der Waals surface area contributed by atoms with Gasteiger partial charge in [-0.3, -0.25) is 14.9 Å². The summed E-state index contributed by atoms with van der Waals surface area (Å²) in [4.78, 5) is 22.2. The van der Waals surface area contributed by atoms with Gasteiger partial charge in [0.15, 0.2) is 0 Å². The van der Waals surface area contributed by atoms with Crippen molar-refractivity contribution in [2.24, 2.45) is 5.10 Å². The second-order valence-corrected chi connectivity index (χ2v) is 4.49. The van der Waals surface area contributed by atoms with Gasteiger partial charge in [0.2, 0.25) is 0 Å². The number of non-ortho nitro benzene ring substituents is 1. The van der Waals surface area contributed by atoms with Gasteiger partial charge in [-0.05, 0) is 18.5 Å². The topological polar surface area (TPSA) is 110 Å². The maximum Gasteiger partial charge on any atom is 0.285 e. The van der Waals surface area contributed by atoms with E-state index < -0.39 is 10.8 Å². The van der Waals surface area contributed by atoms with Gasteiger partial charge in [0.05, 0.1) is 16.8 Å². The molecule has 1 aromatic carbocycles. The lowest BCUT2D eigenvalue weighted by Gasteiger charge is -1.96. The number of amides is 1. The van der Waals surface area contributed by atoms with E-state index >= 15 is 0 Å². The van der Waals surface area contributed by atoms with Crippen LogP contribution in [0.15, 0.2) is 29.4 Å². The minimum Gasteiger partial charge on any atom is -0.266 e. The first-order valence-corrected chi connectivity index (χ1v) is 6.22. The van der Waals surface area contributed by atoms with Gasteiger partial charge in [-0.2, -0.15) is 5.10 Å². The van der Waals surface area contributed by atoms with Gasteiger partial charge in [-0.15, -0.1) is 5.10 Å². The molecule has 9 heteroatoms. The average molecular weight is 291 g/mol. The molecule has 0 radical (unpaired) electrons. The van der Waals surface area contributed by atoms with Crippen LogP contribution in [0.1, 0.15) is 20.9 Å². The molecule has 1 N–H and O–H groups in total. The minimum atomic E-state index is -0.498. The van der Waals surface area contributed by atoms with Crippen LogP contribution in [0.5, 0.6) is 0 Å². The Hall–Kier alpha value is -2.68. The number of carbonyl (C=O) groups excluding carboxylic acids is 1. The predicted octanol–water partition coefficient (Wildman–Crippen LogP) is 1.52. The largest absolute Gasteiger partial charge is 0.285 e. The first-order valence-electron chi connectivity index (χ1n) is 5.45. The predicted molar refractivity (Wildman–Crippen MR) is 72.8 cm³/mol. The molecule has 0 saturated heterocycles. The molecular weight excluding hydrogens is 282 g/mol. The number of hydrogen-bond donors (Lipinski definition) is 1. The summed E-state index contributed by atoms with van der Waals surface area (Å²) >= 11 is 0.974. The fourth-order valence-corrected chi connectivity index (χ4v) is 1.92. The summed E-state index contributed by atoms with van der Waals surface area (Å²) in [6.07, 6.45) is 1.33. The summed E-state index contributed by atoms with van der Waals surface area (Å²) in [6, 6.07) is 5.91. The lowest BCUT2D eigenvalue weighted by atomic mass is 10.2. The Labute approximate surface area is 117 Å². The number of hydrazone groups is 1. The Kier molecular flexibility index (Phi) is 4.11. The third kappa shape index (κ3) is 3.20. The molecule has 0 saturated carbocycles. The van der Waals surface area contributed by atoms with Crippen molar-refractivity contribution in [3.8, 4) is 0 Å². The van der Waals surface area contributed by atoms with E-state index in [-0.39, 0.29) is 5.69 Å². The standard InChI is InChI=1S/C11H9N5O3S/c1-7-10(20-15-13-7)11(17)14-12-6-8-3-2-4-9(5-8)16(18)19/h2-6H,1H3,(H,14,17)/b12-6-. The van der Waals surface area contributed by atoms with Crippen molar-refractivity contribution in [1.82, 2.24) is 15.0 Å². The highest BCUT2D eigenvalue weighted by Crippen LogP contribution is 2.11. The fourth-order valence-electron chi connectivity index (χ4n) is 1.37. The van der Waals surface area contributed by atoms with E-state index in [4.69, 9.17) is 0 Å². The number of rotatable bonds is 4. The number of nitrogens with one attached hydrogen (secondary N) is 1. The normalized spacial score (nSPS) is 10.7. The SMILES string of the molecule is Cc1nnsc1C(=O)N/N=C\c1cccc([N+](=O)[O-])c1. The molecule has 0 atom stereocenters. The zero-order valence-electron chi connectivity index (χ0n) is 10.3. The second-order valence-electron chi connectivity index (χ2n) is 3.74. The summed E-state index contributed by atoms with van der Waals surface area (Å²) in [5.41, 5.74) is 3.31. The summed E-state index contributed by atoms with van der Waals surface area (Å²) in [5.74, 6) is -0.417. The molecule has 2 rings (SSSR count). The van der Waals surface area contributed by atoms with Crippen molar-refractivity contribution in [3.05, 3.63) is 50.5 Å². The molecule has 1 heterocycles. The first kappa shape index (κ1) is 13.7. The van der Waals surface area contributed by atoms with Crippen molar-refractivity contribution in [2.45, 2.75) is 6.92 Å². The zero-order valence-corrected chi connectivity index (χ0v) is 11.1. The second kappa shape index (κ2) is 5.97. The smallest absolute Gasteiger partial charge is 0.266 e. The molecule has 0 spiro atoms. The molecule has 0 aliphatic carbocycles. The van der Waals surface area contributed by atoms with E-state index in [0.717, 1.165) is 11.5 Å². The van der Waals surface area contributed by atoms with Gasteiger partial charge in [0.25, 0.3) is 11.6 Å². The van der Waals surface area contributed by atoms with Crippen molar-refractivity contribution in [1.29, 1.82) is 0 Å². The minimum absolute atomic E-state index is 0.0391. The summed E-state index contributed by atoms with van der Waals surface area (Å²) < 4.78 is 3.64. The average Bonchev–Trinajstić information content (AvgIpc) is 2.85. The Morgan fingerprint density at radius 1 is 1.55 bits per heavy atom. The summed E-state index contributed by atoms with van der Waals surface area (Å²) in [7, 11) is 0. The van der Waals surface area contributed by atoms with Gasteiger partial charge in [0, 0.05) is 17.7 Å². The number of aryl methyl sites for hydroxylation is 1. The summed E-state index contributed by atoms with van der Waals surface area (Å²) in [6.45, 7) is 1.67. The van der Waals surface area contributed by atoms with Gasteiger partial charge in [-0.1, -0.05) is 16.6 Å². The van der Waals surface area contributed by atoms with Crippen LogP contribution >= 0.6 is 11.5 Å². The maximum absolute atomic E-state index is 11.7. The number of hydrogen-bond acceptors (Lipinski definition) is 7. The van der Waals surface area contributed by atoms with Gasteiger partial charge >= 0.3 is 0 Å². The molecule has 102 valence electrons. The lowest BCUT2D eigenvalue weighted by molar-refractivity contribution is -0.384. The van der Waals surface area contributed by atoms with E-state index in [1.54, 1.807) is 19.1 Å². The van der Waals surface area contributed by atoms with E-state index in [0.29, 0.717) is 16.1 Å². The number of nitro benzene ring substituents is 1. The van der Waals surface area contributed by atoms with E-state index in [2.05, 4.69) is 20.1 Å². The Bertz CT molecular complexity index is 682. The third-order valence-electron chi connectivity index (χ3n) is 2.32. The number of nitro groups is 1. The highest BCUT2D eigenvalue weighted by Gasteiger charge is 2.11. The van der Waals surface area contributed by atoms with Crippen LogP contribution in [-0.4, -0.2) is 26.6 Å². The quantitative estimate of drug-likeness (QED) is 0.521. The third-order valence-corrected chi connectivity index (χ3v) is 3.15. The summed E-state index contributed by atoms with van der Waals surface area (Å²) in [5, 5.41) is 18.1. The van der Waals surface area contributed by atoms with Gasteiger partial charge in [-0.25, -0.2) is 5.43 Å². The molecule has 0 unspecified atom stereocenters. The van der Waals surface area contributed by atoms with Gasteiger partial charge in [0.1, 0.15) is 4.88 Å². The van der Waals surface area contributed by atoms with Crippen LogP contribution < -0.4 is 5.43 Å². The van der Waals surface area contributed by atoms with E-state index in [1.807, 2.05) is 0 Å². The molecule has 0 aliphatic heterocycles. The molecule has 0 bridgehead atoms. The van der Waals surface area contributed by atoms with Crippen molar-refractivity contribution in [3.63, 3.8) is 0 Å². The molecule has 1 amide bonds. The molecule has 20 heavy (non-hydrogen) atoms. The highest BCUT2D eigenvalue weighted by molar-refractivity contribution is 7.07. The molecule has 1 aromatic heterocycles. The Morgan fingerprint density at radius 2 is 2.35 bits per heavy atom. The first-order chi connectivity index (χ1) is 9.58. The van der Waals surface area contributed by atoms with Crippen LogP contribution in [-0.2, 0) is 0 Å². The molecule has 0 aliphatic rings. The van der Waals surface area contributed by atoms with Crippen LogP contribution in [0.4, 0.5) is 5.69 Å². The van der Waals surface area contributed by atoms with Crippen LogP contribution in [0.3, 0.4) is 0 Å². The highest BCUT2D eigenvalue weighted by atomic mass is 32.1. The number of benzene rings is 1. The Balaban J connectivity index is 2.04. The van der Waals surface area contributed by atoms with Crippen LogP contribution in [0.2, 0.25) is 0 Å². The monoisotopic (exact) mass is 291 g/mol. The maximum atomic E-state index is 11.7. The van der Waals surface area contributed by atoms with E-state index in [9.17, 15) is 14.9 Å². The number of aromatic nitrogens is 2. The molecule has 2 aromatic rings. The van der Waals surface area contributed by atoms with Crippen molar-refractivity contribution < 1.29 is 9.72 Å². The van der Waals surface area contributed by atoms with Crippen molar-refractivity contribution >= 4 is 29.3 Å². The fraction of sp³-hybridized carbons (Fsp3) is 0.0909. The molecule has 0 fully saturated rings.